The molecule has 0 rings (SSSR count). The molecule has 0 amide bonds. The third-order valence-electron chi connectivity index (χ3n) is 2.70. The summed E-state index contributed by atoms with van der Waals surface area (Å²) in [5.41, 5.74) is 0. The number of hydrogen-bond acceptors (Lipinski definition) is 2. The van der Waals surface area contributed by atoms with Gasteiger partial charge < -0.3 is 9.84 Å². The molecule has 0 aliphatic rings. The Hall–Kier alpha value is -0.960. The first-order valence-electron chi connectivity index (χ1n) is 6.99. The molecular weight excluding hydrogens is 264 g/mol. The van der Waals surface area contributed by atoms with E-state index in [1.807, 2.05) is 6.08 Å². The van der Waals surface area contributed by atoms with E-state index in [9.17, 15) is 4.79 Å². The summed E-state index contributed by atoms with van der Waals surface area (Å²) in [6.07, 6.45) is 13.3. The van der Waals surface area contributed by atoms with Gasteiger partial charge in [0.15, 0.2) is 0 Å². The summed E-state index contributed by atoms with van der Waals surface area (Å²) < 4.78 is 5.30. The summed E-state index contributed by atoms with van der Waals surface area (Å²) in [6, 6.07) is 0. The Bertz CT molecular complexity index is 298. The molecule has 0 aliphatic carbocycles. The van der Waals surface area contributed by atoms with Crippen molar-refractivity contribution < 1.29 is 14.6 Å². The lowest BCUT2D eigenvalue weighted by atomic mass is 10.1. The highest BCUT2D eigenvalue weighted by molar-refractivity contribution is 6.40. The van der Waals surface area contributed by atoms with Crippen LogP contribution in [0.3, 0.4) is 0 Å². The van der Waals surface area contributed by atoms with Gasteiger partial charge in [0.05, 0.1) is 6.26 Å². The number of hydrogen-bond donors (Lipinski definition) is 1. The number of rotatable bonds is 11. The van der Waals surface area contributed by atoms with Crippen LogP contribution in [0.5, 0.6) is 0 Å². The van der Waals surface area contributed by atoms with E-state index < -0.39 is 5.97 Å². The highest BCUT2D eigenvalue weighted by Crippen LogP contribution is 2.08. The van der Waals surface area contributed by atoms with E-state index in [2.05, 4.69) is 6.92 Å². The third-order valence-corrected chi connectivity index (χ3v) is 2.99. The van der Waals surface area contributed by atoms with Crippen LogP contribution in [0.25, 0.3) is 0 Å². The second-order valence-corrected chi connectivity index (χ2v) is 5.00. The second kappa shape index (κ2) is 12.1. The maximum Gasteiger partial charge on any atom is 0.347 e. The highest BCUT2D eigenvalue weighted by atomic mass is 35.5. The van der Waals surface area contributed by atoms with Gasteiger partial charge in [0, 0.05) is 0 Å². The number of carboxylic acid groups (broad SMARTS) is 1. The predicted molar refractivity (Wildman–Crippen MR) is 79.3 cm³/mol. The average Bonchev–Trinajstić information content (AvgIpc) is 2.36. The van der Waals surface area contributed by atoms with Crippen LogP contribution < -0.4 is 0 Å². The molecular formula is C15H25ClO3. The Labute approximate surface area is 121 Å². The summed E-state index contributed by atoms with van der Waals surface area (Å²) in [4.78, 5) is 10.5. The van der Waals surface area contributed by atoms with Gasteiger partial charge in [0.1, 0.15) is 11.1 Å². The Kier molecular flexibility index (Phi) is 11.5. The van der Waals surface area contributed by atoms with Crippen LogP contribution in [0.4, 0.5) is 0 Å². The average molecular weight is 289 g/mol. The number of ether oxygens (including phenoxy) is 1. The molecule has 0 aromatic heterocycles. The standard InChI is InChI=1S/C15H25ClO3/c1-3-4-5-6-7-8-9-10-11-19-13(2)12-14(16)15(17)18/h10-13H,3-9H2,1-2H3,(H,17,18). The van der Waals surface area contributed by atoms with Gasteiger partial charge >= 0.3 is 5.97 Å². The number of allylic oxidation sites excluding steroid dienone is 1. The zero-order valence-electron chi connectivity index (χ0n) is 11.9. The maximum absolute atomic E-state index is 10.5. The quantitative estimate of drug-likeness (QED) is 0.335. The molecule has 19 heavy (non-hydrogen) atoms. The van der Waals surface area contributed by atoms with Crippen molar-refractivity contribution >= 4 is 17.6 Å². The largest absolute Gasteiger partial charge is 0.495 e. The van der Waals surface area contributed by atoms with Crippen molar-refractivity contribution in [1.29, 1.82) is 0 Å². The Morgan fingerprint density at radius 2 is 1.89 bits per heavy atom. The van der Waals surface area contributed by atoms with Crippen molar-refractivity contribution in [2.45, 2.75) is 64.9 Å². The van der Waals surface area contributed by atoms with E-state index in [0.29, 0.717) is 0 Å². The van der Waals surface area contributed by atoms with E-state index in [4.69, 9.17) is 21.4 Å². The predicted octanol–water partition coefficient (Wildman–Crippen LogP) is 4.86. The topological polar surface area (TPSA) is 46.5 Å². The first kappa shape index (κ1) is 18.0. The monoisotopic (exact) mass is 288 g/mol. The minimum Gasteiger partial charge on any atom is -0.495 e. The smallest absolute Gasteiger partial charge is 0.347 e. The number of carboxylic acids is 1. The van der Waals surface area contributed by atoms with Crippen LogP contribution in [-0.4, -0.2) is 17.2 Å². The molecule has 110 valence electrons. The SMILES string of the molecule is CCCCCCCCC=COC(C)C=C(Cl)C(=O)O. The van der Waals surface area contributed by atoms with Crippen molar-refractivity contribution in [1.82, 2.24) is 0 Å². The normalized spacial score (nSPS) is 13.7. The molecule has 1 N–H and O–H groups in total. The lowest BCUT2D eigenvalue weighted by Crippen LogP contribution is -2.03. The van der Waals surface area contributed by atoms with Gasteiger partial charge in [-0.1, -0.05) is 50.6 Å². The summed E-state index contributed by atoms with van der Waals surface area (Å²) >= 11 is 5.49. The highest BCUT2D eigenvalue weighted by Gasteiger charge is 2.05. The fourth-order valence-corrected chi connectivity index (χ4v) is 1.78. The second-order valence-electron chi connectivity index (χ2n) is 4.59. The number of halogens is 1. The lowest BCUT2D eigenvalue weighted by Gasteiger charge is -2.05. The fourth-order valence-electron chi connectivity index (χ4n) is 1.61. The first-order chi connectivity index (χ1) is 9.07. The molecule has 0 heterocycles. The molecule has 0 aromatic rings. The van der Waals surface area contributed by atoms with Gasteiger partial charge in [0.25, 0.3) is 0 Å². The molecule has 4 heteroatoms. The van der Waals surface area contributed by atoms with Crippen molar-refractivity contribution in [3.05, 3.63) is 23.4 Å². The van der Waals surface area contributed by atoms with Gasteiger partial charge in [-0.05, 0) is 31.9 Å². The molecule has 0 fully saturated rings. The third kappa shape index (κ3) is 11.8. The molecule has 0 saturated carbocycles. The van der Waals surface area contributed by atoms with Crippen molar-refractivity contribution in [2.24, 2.45) is 0 Å². The summed E-state index contributed by atoms with van der Waals surface area (Å²) in [7, 11) is 0. The van der Waals surface area contributed by atoms with E-state index >= 15 is 0 Å². The molecule has 3 nitrogen and oxygen atoms in total. The summed E-state index contributed by atoms with van der Waals surface area (Å²) in [5.74, 6) is -1.13. The number of aliphatic carboxylic acids is 1. The van der Waals surface area contributed by atoms with E-state index in [0.717, 1.165) is 6.42 Å². The molecule has 0 aromatic carbocycles. The summed E-state index contributed by atoms with van der Waals surface area (Å²) in [5, 5.41) is 8.38. The molecule has 1 unspecified atom stereocenters. The lowest BCUT2D eigenvalue weighted by molar-refractivity contribution is -0.131. The number of carbonyl (C=O) groups is 1. The maximum atomic E-state index is 10.5. The van der Waals surface area contributed by atoms with Gasteiger partial charge in [-0.3, -0.25) is 0 Å². The van der Waals surface area contributed by atoms with Crippen molar-refractivity contribution in [2.75, 3.05) is 0 Å². The van der Waals surface area contributed by atoms with Crippen LogP contribution in [0.2, 0.25) is 0 Å². The zero-order valence-corrected chi connectivity index (χ0v) is 12.7. The van der Waals surface area contributed by atoms with E-state index in [-0.39, 0.29) is 11.1 Å². The zero-order chi connectivity index (χ0) is 14.5. The van der Waals surface area contributed by atoms with E-state index in [1.165, 1.54) is 44.6 Å². The molecule has 0 saturated heterocycles. The molecule has 0 spiro atoms. The fraction of sp³-hybridized carbons (Fsp3) is 0.667. The molecule has 0 radical (unpaired) electrons. The van der Waals surface area contributed by atoms with Gasteiger partial charge in [-0.2, -0.15) is 0 Å². The van der Waals surface area contributed by atoms with Crippen LogP contribution in [-0.2, 0) is 9.53 Å². The minimum absolute atomic E-state index is 0.211. The molecule has 1 atom stereocenters. The van der Waals surface area contributed by atoms with Crippen LogP contribution in [0.15, 0.2) is 23.4 Å². The molecule has 0 aliphatic heterocycles. The number of unbranched alkanes of at least 4 members (excludes halogenated alkanes) is 6. The minimum atomic E-state index is -1.13. The van der Waals surface area contributed by atoms with Gasteiger partial charge in [-0.25, -0.2) is 4.79 Å². The van der Waals surface area contributed by atoms with Crippen LogP contribution >= 0.6 is 11.6 Å². The van der Waals surface area contributed by atoms with E-state index in [1.54, 1.807) is 13.2 Å². The van der Waals surface area contributed by atoms with Gasteiger partial charge in [-0.15, -0.1) is 0 Å². The van der Waals surface area contributed by atoms with Crippen molar-refractivity contribution in [3.63, 3.8) is 0 Å². The summed E-state index contributed by atoms with van der Waals surface area (Å²) in [6.45, 7) is 3.96. The Morgan fingerprint density at radius 1 is 1.26 bits per heavy atom. The van der Waals surface area contributed by atoms with Crippen molar-refractivity contribution in [3.8, 4) is 0 Å². The Balaban J connectivity index is 3.57. The van der Waals surface area contributed by atoms with Crippen LogP contribution in [0, 0.1) is 0 Å². The first-order valence-corrected chi connectivity index (χ1v) is 7.36. The Morgan fingerprint density at radius 3 is 2.53 bits per heavy atom. The van der Waals surface area contributed by atoms with Gasteiger partial charge in [0.2, 0.25) is 0 Å². The van der Waals surface area contributed by atoms with Crippen LogP contribution in [0.1, 0.15) is 58.8 Å². The molecule has 0 bridgehead atoms.